The van der Waals surface area contributed by atoms with Gasteiger partial charge in [0.15, 0.2) is 18.2 Å². The molecule has 0 aliphatic heterocycles. The van der Waals surface area contributed by atoms with Crippen LogP contribution in [0.1, 0.15) is 17.3 Å². The van der Waals surface area contributed by atoms with Crippen molar-refractivity contribution in [3.05, 3.63) is 64.4 Å². The predicted molar refractivity (Wildman–Crippen MR) is 126 cm³/mol. The molecule has 0 saturated carbocycles. The van der Waals surface area contributed by atoms with Crippen molar-refractivity contribution >= 4 is 58.1 Å². The number of hydrogen-bond acceptors (Lipinski definition) is 9. The Kier molecular flexibility index (Phi) is 8.11. The summed E-state index contributed by atoms with van der Waals surface area (Å²) in [6.45, 7) is 1.69. The molecule has 0 saturated heterocycles. The average molecular weight is 491 g/mol. The van der Waals surface area contributed by atoms with E-state index < -0.39 is 11.9 Å². The first-order chi connectivity index (χ1) is 15.9. The molecule has 5 N–H and O–H groups in total. The molecule has 12 heteroatoms. The van der Waals surface area contributed by atoms with Crippen LogP contribution in [-0.2, 0) is 9.53 Å². The summed E-state index contributed by atoms with van der Waals surface area (Å²) in [7, 11) is 0. The summed E-state index contributed by atoms with van der Waals surface area (Å²) in [5.74, 6) is -0.201. The monoisotopic (exact) mass is 490 g/mol. The van der Waals surface area contributed by atoms with Gasteiger partial charge in [0.1, 0.15) is 17.8 Å². The van der Waals surface area contributed by atoms with Crippen LogP contribution in [0.3, 0.4) is 0 Å². The number of amides is 1. The topological polar surface area (TPSA) is 140 Å². The quantitative estimate of drug-likeness (QED) is 0.260. The van der Waals surface area contributed by atoms with E-state index in [1.165, 1.54) is 12.4 Å². The number of esters is 1. The van der Waals surface area contributed by atoms with Crippen molar-refractivity contribution in [1.29, 1.82) is 0 Å². The Labute approximate surface area is 199 Å². The lowest BCUT2D eigenvalue weighted by Crippen LogP contribution is -2.34. The standard InChI is InChI=1S/C21H20Cl2N6O4/c1-2-32-21(31)12-4-3-5-14(8-12)27-19-18(24)20(26-11-25-19)29-28-17(30)10-33-16-7-6-13(22)9-15(16)23/h3-9,11H,2,10,24H2,1H3,(H,28,30)(H2,25,26,27,29). The minimum absolute atomic E-state index is 0.140. The first-order valence-electron chi connectivity index (χ1n) is 9.64. The molecule has 0 spiro atoms. The SMILES string of the molecule is CCOC(=O)c1cccc(Nc2ncnc(NNC(=O)COc3ccc(Cl)cc3Cl)c2N)c1. The zero-order valence-corrected chi connectivity index (χ0v) is 18.9. The Morgan fingerprint density at radius 1 is 1.09 bits per heavy atom. The average Bonchev–Trinajstić information content (AvgIpc) is 2.79. The number of aromatic nitrogens is 2. The third kappa shape index (κ3) is 6.61. The van der Waals surface area contributed by atoms with Crippen molar-refractivity contribution in [1.82, 2.24) is 15.4 Å². The molecule has 0 aliphatic rings. The fraction of sp³-hybridized carbons (Fsp3) is 0.143. The maximum Gasteiger partial charge on any atom is 0.338 e. The number of halogens is 2. The second-order valence-corrected chi connectivity index (χ2v) is 7.29. The number of carbonyl (C=O) groups is 2. The van der Waals surface area contributed by atoms with Crippen molar-refractivity contribution in [2.75, 3.05) is 29.7 Å². The summed E-state index contributed by atoms with van der Waals surface area (Å²) < 4.78 is 10.4. The molecule has 0 fully saturated rings. The second kappa shape index (κ2) is 11.2. The molecule has 0 radical (unpaired) electrons. The molecule has 0 aliphatic carbocycles. The van der Waals surface area contributed by atoms with Crippen LogP contribution in [0.15, 0.2) is 48.8 Å². The lowest BCUT2D eigenvalue weighted by atomic mass is 10.2. The number of nitrogens with two attached hydrogens (primary N) is 1. The highest BCUT2D eigenvalue weighted by atomic mass is 35.5. The van der Waals surface area contributed by atoms with Gasteiger partial charge in [0, 0.05) is 10.7 Å². The number of nitrogen functional groups attached to an aromatic ring is 1. The zero-order valence-electron chi connectivity index (χ0n) is 17.4. The molecule has 10 nitrogen and oxygen atoms in total. The van der Waals surface area contributed by atoms with Crippen molar-refractivity contribution in [2.24, 2.45) is 0 Å². The van der Waals surface area contributed by atoms with Crippen molar-refractivity contribution in [3.63, 3.8) is 0 Å². The van der Waals surface area contributed by atoms with Crippen LogP contribution in [0.4, 0.5) is 23.0 Å². The number of rotatable bonds is 9. The van der Waals surface area contributed by atoms with Gasteiger partial charge < -0.3 is 20.5 Å². The molecule has 0 unspecified atom stereocenters. The molecule has 172 valence electrons. The van der Waals surface area contributed by atoms with Gasteiger partial charge in [0.25, 0.3) is 5.91 Å². The highest BCUT2D eigenvalue weighted by molar-refractivity contribution is 6.35. The second-order valence-electron chi connectivity index (χ2n) is 6.45. The smallest absolute Gasteiger partial charge is 0.338 e. The predicted octanol–water partition coefficient (Wildman–Crippen LogP) is 3.81. The van der Waals surface area contributed by atoms with Gasteiger partial charge in [-0.3, -0.25) is 15.6 Å². The summed E-state index contributed by atoms with van der Waals surface area (Å²) in [4.78, 5) is 32.1. The molecule has 0 atom stereocenters. The van der Waals surface area contributed by atoms with E-state index in [4.69, 9.17) is 38.4 Å². The van der Waals surface area contributed by atoms with Crippen molar-refractivity contribution in [2.45, 2.75) is 6.92 Å². The Bertz CT molecular complexity index is 1160. The fourth-order valence-corrected chi connectivity index (χ4v) is 3.03. The molecule has 33 heavy (non-hydrogen) atoms. The first-order valence-corrected chi connectivity index (χ1v) is 10.4. The Hall–Kier alpha value is -3.76. The molecule has 2 aromatic carbocycles. The highest BCUT2D eigenvalue weighted by Crippen LogP contribution is 2.28. The van der Waals surface area contributed by atoms with Gasteiger partial charge in [0.2, 0.25) is 0 Å². The third-order valence-electron chi connectivity index (χ3n) is 4.09. The van der Waals surface area contributed by atoms with Gasteiger partial charge in [-0.05, 0) is 43.3 Å². The van der Waals surface area contributed by atoms with Gasteiger partial charge in [-0.15, -0.1) is 0 Å². The van der Waals surface area contributed by atoms with E-state index in [0.29, 0.717) is 22.0 Å². The van der Waals surface area contributed by atoms with Crippen LogP contribution in [-0.4, -0.2) is 35.1 Å². The largest absolute Gasteiger partial charge is 0.482 e. The normalized spacial score (nSPS) is 10.3. The van der Waals surface area contributed by atoms with Crippen LogP contribution in [0.2, 0.25) is 10.0 Å². The molecule has 0 bridgehead atoms. The van der Waals surface area contributed by atoms with Gasteiger partial charge in [-0.25, -0.2) is 14.8 Å². The highest BCUT2D eigenvalue weighted by Gasteiger charge is 2.12. The Balaban J connectivity index is 1.60. The van der Waals surface area contributed by atoms with Gasteiger partial charge in [-0.2, -0.15) is 0 Å². The van der Waals surface area contributed by atoms with E-state index in [-0.39, 0.29) is 35.6 Å². The molecule has 1 amide bonds. The zero-order chi connectivity index (χ0) is 23.8. The Morgan fingerprint density at radius 3 is 2.64 bits per heavy atom. The number of hydrogen-bond donors (Lipinski definition) is 4. The van der Waals surface area contributed by atoms with Crippen molar-refractivity contribution in [3.8, 4) is 5.75 Å². The van der Waals surface area contributed by atoms with Gasteiger partial charge in [-0.1, -0.05) is 29.3 Å². The molecule has 1 heterocycles. The lowest BCUT2D eigenvalue weighted by molar-refractivity contribution is -0.122. The summed E-state index contributed by atoms with van der Waals surface area (Å²) in [6.07, 6.45) is 1.26. The minimum Gasteiger partial charge on any atom is -0.482 e. The number of carbonyl (C=O) groups excluding carboxylic acids is 2. The van der Waals surface area contributed by atoms with Crippen LogP contribution in [0.5, 0.6) is 5.75 Å². The van der Waals surface area contributed by atoms with E-state index in [1.807, 2.05) is 0 Å². The summed E-state index contributed by atoms with van der Waals surface area (Å²) in [5.41, 5.74) is 12.2. The van der Waals surface area contributed by atoms with Gasteiger partial charge in [0.05, 0.1) is 17.2 Å². The maximum absolute atomic E-state index is 12.1. The van der Waals surface area contributed by atoms with Crippen LogP contribution in [0, 0.1) is 0 Å². The van der Waals surface area contributed by atoms with Crippen molar-refractivity contribution < 1.29 is 19.1 Å². The number of ether oxygens (including phenoxy) is 2. The van der Waals surface area contributed by atoms with E-state index in [0.717, 1.165) is 0 Å². The van der Waals surface area contributed by atoms with E-state index in [1.54, 1.807) is 43.3 Å². The number of benzene rings is 2. The molecular weight excluding hydrogens is 471 g/mol. The summed E-state index contributed by atoms with van der Waals surface area (Å²) >= 11 is 11.8. The van der Waals surface area contributed by atoms with Crippen LogP contribution < -0.4 is 26.6 Å². The van der Waals surface area contributed by atoms with E-state index in [9.17, 15) is 9.59 Å². The maximum atomic E-state index is 12.1. The van der Waals surface area contributed by atoms with Crippen LogP contribution >= 0.6 is 23.2 Å². The van der Waals surface area contributed by atoms with Crippen LogP contribution in [0.25, 0.3) is 0 Å². The number of hydrazine groups is 1. The van der Waals surface area contributed by atoms with E-state index in [2.05, 4.69) is 26.1 Å². The third-order valence-corrected chi connectivity index (χ3v) is 4.62. The minimum atomic E-state index is -0.504. The molecule has 1 aromatic heterocycles. The first kappa shape index (κ1) is 23.9. The molecular formula is C21H20Cl2N6O4. The summed E-state index contributed by atoms with van der Waals surface area (Å²) in [6, 6.07) is 11.3. The number of nitrogens with one attached hydrogen (secondary N) is 3. The molecule has 3 rings (SSSR count). The number of anilines is 4. The fourth-order valence-electron chi connectivity index (χ4n) is 2.57. The van der Waals surface area contributed by atoms with Gasteiger partial charge >= 0.3 is 5.97 Å². The number of nitrogens with zero attached hydrogens (tertiary/aromatic N) is 2. The molecule has 3 aromatic rings. The lowest BCUT2D eigenvalue weighted by Gasteiger charge is -2.14. The summed E-state index contributed by atoms with van der Waals surface area (Å²) in [5, 5.41) is 3.75. The Morgan fingerprint density at radius 2 is 1.88 bits per heavy atom. The van der Waals surface area contributed by atoms with E-state index >= 15 is 0 Å².